The zero-order valence-electron chi connectivity index (χ0n) is 9.05. The van der Waals surface area contributed by atoms with Crippen LogP contribution in [-0.2, 0) is 11.3 Å². The Morgan fingerprint density at radius 3 is 2.56 bits per heavy atom. The maximum Gasteiger partial charge on any atom is 0.165 e. The van der Waals surface area contributed by atoms with Crippen LogP contribution in [0.4, 0.5) is 4.39 Å². The monoisotopic (exact) mass is 249 g/mol. The lowest BCUT2D eigenvalue weighted by Crippen LogP contribution is -2.07. The second-order valence-electron chi connectivity index (χ2n) is 3.01. The quantitative estimate of drug-likeness (QED) is 0.811. The third kappa shape index (κ3) is 2.55. The smallest absolute Gasteiger partial charge is 0.165 e. The van der Waals surface area contributed by atoms with Crippen LogP contribution >= 0.6 is 11.6 Å². The third-order valence-electron chi connectivity index (χ3n) is 2.12. The lowest BCUT2D eigenvalue weighted by molar-refractivity contribution is 0.140. The van der Waals surface area contributed by atoms with Gasteiger partial charge in [0.25, 0.3) is 0 Å². The van der Waals surface area contributed by atoms with Crippen molar-refractivity contribution < 1.29 is 18.7 Å². The predicted octanol–water partition coefficient (Wildman–Crippen LogP) is 1.93. The number of halogens is 2. The van der Waals surface area contributed by atoms with E-state index in [4.69, 9.17) is 27.0 Å². The van der Waals surface area contributed by atoms with Gasteiger partial charge in [-0.05, 0) is 0 Å². The van der Waals surface area contributed by atoms with Crippen LogP contribution in [0, 0.1) is 5.82 Å². The zero-order valence-corrected chi connectivity index (χ0v) is 9.81. The van der Waals surface area contributed by atoms with Crippen LogP contribution in [0.25, 0.3) is 0 Å². The highest BCUT2D eigenvalue weighted by molar-refractivity contribution is 6.31. The van der Waals surface area contributed by atoms with E-state index in [1.54, 1.807) is 0 Å². The third-order valence-corrected chi connectivity index (χ3v) is 2.53. The first kappa shape index (κ1) is 13.0. The summed E-state index contributed by atoms with van der Waals surface area (Å²) in [7, 11) is 2.88. The van der Waals surface area contributed by atoms with Crippen molar-refractivity contribution in [3.05, 3.63) is 22.5 Å². The minimum absolute atomic E-state index is 0.00491. The highest BCUT2D eigenvalue weighted by atomic mass is 35.5. The second-order valence-corrected chi connectivity index (χ2v) is 3.39. The van der Waals surface area contributed by atoms with Gasteiger partial charge in [-0.1, -0.05) is 11.6 Å². The Labute approximate surface area is 98.0 Å². The molecule has 0 saturated heterocycles. The molecule has 2 N–H and O–H groups in total. The average Bonchev–Trinajstić information content (AvgIpc) is 2.30. The molecule has 0 radical (unpaired) electrons. The van der Waals surface area contributed by atoms with E-state index in [0.29, 0.717) is 17.7 Å². The number of ether oxygens (including phenoxy) is 2. The Kier molecular flexibility index (Phi) is 4.79. The van der Waals surface area contributed by atoms with Crippen LogP contribution in [0.2, 0.25) is 5.02 Å². The van der Waals surface area contributed by atoms with Gasteiger partial charge < -0.3 is 14.3 Å². The summed E-state index contributed by atoms with van der Waals surface area (Å²) in [5.74, 6) is 5.04. The molecule has 0 unspecified atom stereocenters. The molecule has 1 rings (SSSR count). The first-order valence-corrected chi connectivity index (χ1v) is 4.94. The van der Waals surface area contributed by atoms with Crippen molar-refractivity contribution >= 4 is 11.6 Å². The number of rotatable bonds is 5. The Bertz CT molecular complexity index is 374. The normalized spacial score (nSPS) is 10.3. The van der Waals surface area contributed by atoms with Crippen LogP contribution in [0.5, 0.6) is 11.5 Å². The summed E-state index contributed by atoms with van der Waals surface area (Å²) in [5.41, 5.74) is 0.478. The van der Waals surface area contributed by atoms with Gasteiger partial charge in [0.2, 0.25) is 0 Å². The Morgan fingerprint density at radius 2 is 2.06 bits per heavy atom. The van der Waals surface area contributed by atoms with E-state index in [9.17, 15) is 4.39 Å². The fourth-order valence-electron chi connectivity index (χ4n) is 1.40. The molecule has 0 atom stereocenters. The van der Waals surface area contributed by atoms with E-state index in [1.165, 1.54) is 20.3 Å². The topological polar surface area (TPSA) is 53.7 Å². The SMILES string of the molecule is COc1cc(F)c(Cl)c(CCON)c1OC. The molecule has 0 saturated carbocycles. The van der Waals surface area contributed by atoms with Crippen molar-refractivity contribution in [2.45, 2.75) is 6.42 Å². The summed E-state index contributed by atoms with van der Waals surface area (Å²) in [6.07, 6.45) is 0.340. The molecule has 1 aromatic rings. The van der Waals surface area contributed by atoms with Gasteiger partial charge in [-0.25, -0.2) is 10.3 Å². The largest absolute Gasteiger partial charge is 0.493 e. The highest BCUT2D eigenvalue weighted by Crippen LogP contribution is 2.38. The molecule has 6 heteroatoms. The van der Waals surface area contributed by atoms with E-state index in [0.717, 1.165) is 0 Å². The molecular formula is C10H13ClFNO3. The molecule has 90 valence electrons. The first-order chi connectivity index (χ1) is 7.65. The molecule has 0 bridgehead atoms. The van der Waals surface area contributed by atoms with E-state index >= 15 is 0 Å². The summed E-state index contributed by atoms with van der Waals surface area (Å²) in [5, 5.41) is -0.00491. The fourth-order valence-corrected chi connectivity index (χ4v) is 1.63. The van der Waals surface area contributed by atoms with Gasteiger partial charge in [0, 0.05) is 18.1 Å². The highest BCUT2D eigenvalue weighted by Gasteiger charge is 2.18. The van der Waals surface area contributed by atoms with Crippen LogP contribution in [-0.4, -0.2) is 20.8 Å². The van der Waals surface area contributed by atoms with Crippen molar-refractivity contribution in [2.75, 3.05) is 20.8 Å². The number of nitrogens with two attached hydrogens (primary N) is 1. The number of methoxy groups -OCH3 is 2. The molecule has 0 aliphatic heterocycles. The Balaban J connectivity index is 3.23. The molecule has 1 aromatic carbocycles. The number of benzene rings is 1. The summed E-state index contributed by atoms with van der Waals surface area (Å²) >= 11 is 5.83. The molecule has 4 nitrogen and oxygen atoms in total. The lowest BCUT2D eigenvalue weighted by atomic mass is 10.1. The maximum absolute atomic E-state index is 13.4. The van der Waals surface area contributed by atoms with Crippen molar-refractivity contribution in [3.63, 3.8) is 0 Å². The molecule has 16 heavy (non-hydrogen) atoms. The molecule has 0 fully saturated rings. The Hall–Kier alpha value is -1.04. The van der Waals surface area contributed by atoms with E-state index < -0.39 is 5.82 Å². The zero-order chi connectivity index (χ0) is 12.1. The molecular weight excluding hydrogens is 237 g/mol. The van der Waals surface area contributed by atoms with Gasteiger partial charge in [-0.3, -0.25) is 0 Å². The van der Waals surface area contributed by atoms with Crippen LogP contribution < -0.4 is 15.4 Å². The van der Waals surface area contributed by atoms with Crippen molar-refractivity contribution in [2.24, 2.45) is 5.90 Å². The first-order valence-electron chi connectivity index (χ1n) is 4.56. The minimum Gasteiger partial charge on any atom is -0.493 e. The second kappa shape index (κ2) is 5.89. The summed E-state index contributed by atoms with van der Waals surface area (Å²) in [4.78, 5) is 4.44. The summed E-state index contributed by atoms with van der Waals surface area (Å²) < 4.78 is 23.6. The van der Waals surface area contributed by atoms with Gasteiger partial charge >= 0.3 is 0 Å². The van der Waals surface area contributed by atoms with E-state index in [-0.39, 0.29) is 17.4 Å². The number of hydrogen-bond donors (Lipinski definition) is 1. The van der Waals surface area contributed by atoms with Crippen LogP contribution in [0.3, 0.4) is 0 Å². The molecule has 0 heterocycles. The Morgan fingerprint density at radius 1 is 1.38 bits per heavy atom. The van der Waals surface area contributed by atoms with Gasteiger partial charge in [0.1, 0.15) is 5.82 Å². The van der Waals surface area contributed by atoms with Crippen molar-refractivity contribution in [3.8, 4) is 11.5 Å². The average molecular weight is 250 g/mol. The van der Waals surface area contributed by atoms with E-state index in [2.05, 4.69) is 4.84 Å². The minimum atomic E-state index is -0.564. The summed E-state index contributed by atoms with van der Waals surface area (Å²) in [6.45, 7) is 0.211. The van der Waals surface area contributed by atoms with Gasteiger partial charge in [0.05, 0.1) is 25.8 Å². The van der Waals surface area contributed by atoms with Crippen molar-refractivity contribution in [1.82, 2.24) is 0 Å². The van der Waals surface area contributed by atoms with Crippen LogP contribution in [0.1, 0.15) is 5.56 Å². The molecule has 0 amide bonds. The van der Waals surface area contributed by atoms with Gasteiger partial charge in [0.15, 0.2) is 11.5 Å². The van der Waals surface area contributed by atoms with E-state index in [1.807, 2.05) is 0 Å². The summed E-state index contributed by atoms with van der Waals surface area (Å²) in [6, 6.07) is 1.17. The molecule has 0 aromatic heterocycles. The molecule has 0 spiro atoms. The maximum atomic E-state index is 13.4. The standard InChI is InChI=1S/C10H13ClFNO3/c1-14-8-5-7(12)9(11)6(3-4-16-13)10(8)15-2/h5H,3-4,13H2,1-2H3. The predicted molar refractivity (Wildman–Crippen MR) is 58.4 cm³/mol. The lowest BCUT2D eigenvalue weighted by Gasteiger charge is -2.14. The fraction of sp³-hybridized carbons (Fsp3) is 0.400. The van der Waals surface area contributed by atoms with Gasteiger partial charge in [-0.2, -0.15) is 0 Å². The van der Waals surface area contributed by atoms with Crippen molar-refractivity contribution in [1.29, 1.82) is 0 Å². The van der Waals surface area contributed by atoms with Crippen LogP contribution in [0.15, 0.2) is 6.07 Å². The number of hydrogen-bond acceptors (Lipinski definition) is 4. The molecule has 0 aliphatic rings. The van der Waals surface area contributed by atoms with Gasteiger partial charge in [-0.15, -0.1) is 0 Å². The molecule has 0 aliphatic carbocycles.